The number of alkyl halides is 1. The number of benzene rings is 6. The first-order chi connectivity index (χ1) is 47.3. The van der Waals surface area contributed by atoms with Crippen LogP contribution in [0.4, 0.5) is 30.2 Å². The third-order valence-corrected chi connectivity index (χ3v) is 21.1. The molecule has 486 valence electrons. The molecule has 1 saturated carbocycles. The lowest BCUT2D eigenvalue weighted by atomic mass is 9.68. The summed E-state index contributed by atoms with van der Waals surface area (Å²) in [5.41, 5.74) is 21.2. The molecule has 0 radical (unpaired) electrons. The second kappa shape index (κ2) is 24.2. The minimum atomic E-state index is -0.836. The summed E-state index contributed by atoms with van der Waals surface area (Å²) < 4.78 is 54.4. The maximum absolute atomic E-state index is 14.7. The van der Waals surface area contributed by atoms with Crippen LogP contribution in [0.15, 0.2) is 189 Å². The number of aromatic nitrogens is 11. The number of imidazole rings is 1. The van der Waals surface area contributed by atoms with Gasteiger partial charge in [0.25, 0.3) is 0 Å². The molecule has 6 aliphatic heterocycles. The Balaban J connectivity index is 0.000000110. The van der Waals surface area contributed by atoms with Gasteiger partial charge in [0, 0.05) is 136 Å². The van der Waals surface area contributed by atoms with Gasteiger partial charge >= 0.3 is 0 Å². The van der Waals surface area contributed by atoms with Gasteiger partial charge in [0.05, 0.1) is 45.8 Å². The topological polar surface area (TPSA) is 131 Å². The zero-order valence-corrected chi connectivity index (χ0v) is 54.5. The molecule has 19 rings (SSSR count). The molecule has 6 aromatic heterocycles. The minimum absolute atomic E-state index is 0.00467. The average molecular weight is 1290 g/mol. The molecule has 4 fully saturated rings. The van der Waals surface area contributed by atoms with Crippen LogP contribution in [0.25, 0.3) is 85.0 Å². The van der Waals surface area contributed by atoms with Gasteiger partial charge in [-0.25, -0.2) is 27.8 Å². The predicted molar refractivity (Wildman–Crippen MR) is 373 cm³/mol. The molecule has 97 heavy (non-hydrogen) atoms. The van der Waals surface area contributed by atoms with Gasteiger partial charge in [0.15, 0.2) is 17.5 Å². The van der Waals surface area contributed by atoms with Gasteiger partial charge in [-0.3, -0.25) is 9.13 Å². The van der Waals surface area contributed by atoms with E-state index in [1.807, 2.05) is 61.4 Å². The van der Waals surface area contributed by atoms with Gasteiger partial charge in [-0.15, -0.1) is 10.2 Å². The minimum Gasteiger partial charge on any atom is -0.371 e. The largest absolute Gasteiger partial charge is 0.371 e. The Kier molecular flexibility index (Phi) is 15.0. The van der Waals surface area contributed by atoms with E-state index >= 15 is 0 Å². The average Bonchev–Trinajstić information content (AvgIpc) is 1.62. The second-order valence-electron chi connectivity index (χ2n) is 27.8. The van der Waals surface area contributed by atoms with Crippen molar-refractivity contribution < 1.29 is 13.2 Å². The molecule has 0 N–H and O–H groups in total. The third-order valence-electron chi connectivity index (χ3n) is 21.1. The van der Waals surface area contributed by atoms with Gasteiger partial charge in [0.2, 0.25) is 0 Å². The molecule has 3 saturated heterocycles. The van der Waals surface area contributed by atoms with Crippen molar-refractivity contribution >= 4 is 17.1 Å². The van der Waals surface area contributed by atoms with E-state index in [2.05, 4.69) is 178 Å². The van der Waals surface area contributed by atoms with Crippen molar-refractivity contribution in [1.82, 2.24) is 57.7 Å². The fourth-order valence-corrected chi connectivity index (χ4v) is 15.9. The molecular formula is C78H73F3N16. The van der Waals surface area contributed by atoms with Crippen LogP contribution in [0.5, 0.6) is 0 Å². The molecule has 7 aliphatic rings. The molecule has 0 bridgehead atoms. The summed E-state index contributed by atoms with van der Waals surface area (Å²) in [6.07, 6.45) is 19.6. The molecular weight excluding hydrogens is 1220 g/mol. The van der Waals surface area contributed by atoms with Gasteiger partial charge < -0.3 is 33.3 Å². The predicted octanol–water partition coefficient (Wildman–Crippen LogP) is 14.6. The number of nitriles is 1. The zero-order valence-electron chi connectivity index (χ0n) is 54.5. The molecule has 1 spiro atoms. The Morgan fingerprint density at radius 3 is 1.69 bits per heavy atom. The van der Waals surface area contributed by atoms with Crippen molar-refractivity contribution in [1.29, 1.82) is 5.26 Å². The van der Waals surface area contributed by atoms with Gasteiger partial charge in [-0.05, 0) is 194 Å². The summed E-state index contributed by atoms with van der Waals surface area (Å²) in [7, 11) is 3.98. The van der Waals surface area contributed by atoms with Gasteiger partial charge in [-0.2, -0.15) is 10.4 Å². The highest BCUT2D eigenvalue weighted by molar-refractivity contribution is 5.76. The van der Waals surface area contributed by atoms with Crippen LogP contribution in [-0.2, 0) is 19.6 Å². The summed E-state index contributed by atoms with van der Waals surface area (Å²) in [4.78, 5) is 18.5. The molecule has 16 nitrogen and oxygen atoms in total. The Bertz CT molecular complexity index is 4980. The summed E-state index contributed by atoms with van der Waals surface area (Å²) in [6.45, 7) is 11.0. The Labute approximate surface area is 561 Å². The van der Waals surface area contributed by atoms with Crippen LogP contribution in [0, 0.1) is 40.2 Å². The molecule has 6 aromatic carbocycles. The summed E-state index contributed by atoms with van der Waals surface area (Å²) >= 11 is 0. The number of fused-ring (bicyclic) bond motifs is 15. The van der Waals surface area contributed by atoms with Crippen LogP contribution in [0.1, 0.15) is 61.3 Å². The number of hydrogen-bond acceptors (Lipinski definition) is 10. The van der Waals surface area contributed by atoms with Gasteiger partial charge in [0.1, 0.15) is 30.5 Å². The highest BCUT2D eigenvalue weighted by Gasteiger charge is 2.43. The maximum atomic E-state index is 14.7. The van der Waals surface area contributed by atoms with Crippen LogP contribution in [-0.4, -0.2) is 124 Å². The van der Waals surface area contributed by atoms with Crippen LogP contribution in [0.2, 0.25) is 0 Å². The molecule has 12 heterocycles. The second-order valence-corrected chi connectivity index (χ2v) is 27.8. The first kappa shape index (κ1) is 60.0. The Morgan fingerprint density at radius 1 is 0.567 bits per heavy atom. The van der Waals surface area contributed by atoms with E-state index in [4.69, 9.17) is 5.26 Å². The first-order valence-electron chi connectivity index (χ1n) is 33.7. The molecule has 19 heteroatoms. The SMILES string of the molecule is CN(C)C[C@@H]1CN(c2ccc3c(c2)Cn2cc(-c4ccc(F)cc4)cc2-c2ncnn2-3)C[C@@H]1F.C[C@@H]1CCN(c2ccc3c(c2)Cn2cc(-c4ccc(C#N)cc4)cc2-c2nccn2-3)C1.Fc1ccc(-c2cc3n(c2)Cc2cc(N4CCC5(CCC5)C4)ccc2-n2cnnc2-3)cc1. The van der Waals surface area contributed by atoms with Crippen LogP contribution >= 0.6 is 0 Å². The van der Waals surface area contributed by atoms with Crippen molar-refractivity contribution in [3.8, 4) is 91.1 Å². The molecule has 0 amide bonds. The number of rotatable bonds is 8. The van der Waals surface area contributed by atoms with Crippen molar-refractivity contribution in [2.45, 2.75) is 64.8 Å². The van der Waals surface area contributed by atoms with E-state index in [0.29, 0.717) is 30.6 Å². The summed E-state index contributed by atoms with van der Waals surface area (Å²) in [5.74, 6) is 2.84. The number of halogens is 3. The quantitative estimate of drug-likeness (QED) is 0.145. The zero-order chi connectivity index (χ0) is 65.6. The fourth-order valence-electron chi connectivity index (χ4n) is 15.9. The normalized spacial score (nSPS) is 18.1. The number of anilines is 3. The van der Waals surface area contributed by atoms with Crippen molar-refractivity contribution in [3.05, 3.63) is 223 Å². The molecule has 3 atom stereocenters. The monoisotopic (exact) mass is 1290 g/mol. The lowest BCUT2D eigenvalue weighted by molar-refractivity contribution is 0.165. The Morgan fingerprint density at radius 2 is 1.12 bits per heavy atom. The lowest BCUT2D eigenvalue weighted by Gasteiger charge is -2.38. The molecule has 1 aliphatic carbocycles. The van der Waals surface area contributed by atoms with E-state index in [9.17, 15) is 13.2 Å². The summed E-state index contributed by atoms with van der Waals surface area (Å²) in [6, 6.07) is 49.5. The van der Waals surface area contributed by atoms with Crippen molar-refractivity contribution in [3.63, 3.8) is 0 Å². The summed E-state index contributed by atoms with van der Waals surface area (Å²) in [5, 5.41) is 22.2. The van der Waals surface area contributed by atoms with Crippen LogP contribution < -0.4 is 14.7 Å². The van der Waals surface area contributed by atoms with E-state index in [-0.39, 0.29) is 17.6 Å². The number of hydrogen-bond donors (Lipinski definition) is 0. The van der Waals surface area contributed by atoms with E-state index in [0.717, 1.165) is 136 Å². The van der Waals surface area contributed by atoms with E-state index < -0.39 is 6.17 Å². The van der Waals surface area contributed by atoms with E-state index in [1.165, 1.54) is 91.1 Å². The first-order valence-corrected chi connectivity index (χ1v) is 33.7. The maximum Gasteiger partial charge on any atom is 0.185 e. The van der Waals surface area contributed by atoms with Crippen molar-refractivity contribution in [2.24, 2.45) is 17.3 Å². The Hall–Kier alpha value is -10.7. The lowest BCUT2D eigenvalue weighted by Crippen LogP contribution is -2.33. The van der Waals surface area contributed by atoms with Gasteiger partial charge in [-0.1, -0.05) is 49.7 Å². The highest BCUT2D eigenvalue weighted by Crippen LogP contribution is 2.49. The highest BCUT2D eigenvalue weighted by atomic mass is 19.1. The van der Waals surface area contributed by atoms with E-state index in [1.54, 1.807) is 24.8 Å². The third kappa shape index (κ3) is 11.2. The van der Waals surface area contributed by atoms with Crippen molar-refractivity contribution in [2.75, 3.05) is 74.6 Å². The smallest absolute Gasteiger partial charge is 0.185 e. The number of nitrogens with zero attached hydrogens (tertiary/aromatic N) is 16. The van der Waals surface area contributed by atoms with Crippen LogP contribution in [0.3, 0.4) is 0 Å². The fraction of sp³-hybridized carbons (Fsp3) is 0.282. The molecule has 0 unspecified atom stereocenters. The molecule has 12 aromatic rings. The standard InChI is InChI=1S/C26H26F2N6.C26H24FN5.C26H23N5/c1-31(2)11-20-14-32(15-23(20)28)22-7-8-24-19(9-22)13-33-12-18(17-3-5-21(27)6-4-17)10-25(33)26-29-16-30-34(24)26;27-21-4-2-18(3-5-21)19-13-24-25-29-28-17-32(25)23-7-6-22(12-20(23)15-31(24)14-19)30-11-10-26(16-30)8-1-9-26;1-18-8-10-29(15-18)23-6-7-24-22(12-23)17-30-16-21(20-4-2-19(14-27)3-5-20)13-25(30)26-28-9-11-31(24)26/h3-10,12,16,20,23H,11,13-15H2,1-2H3;2-7,12-14,17H,1,8-11,15-16H2;2-7,9,11-13,16,18H,8,10,15,17H2,1H3/t20-,23+;;18-/m1.1/s1.